The Balaban J connectivity index is 1.78. The summed E-state index contributed by atoms with van der Waals surface area (Å²) in [6.07, 6.45) is 3.95. The first-order valence-corrected chi connectivity index (χ1v) is 7.01. The van der Waals surface area contributed by atoms with Gasteiger partial charge in [0.05, 0.1) is 19.3 Å². The van der Waals surface area contributed by atoms with E-state index in [-0.39, 0.29) is 29.8 Å². The monoisotopic (exact) mass is 303 g/mol. The third-order valence-electron chi connectivity index (χ3n) is 3.87. The van der Waals surface area contributed by atoms with E-state index in [0.717, 1.165) is 5.56 Å². The van der Waals surface area contributed by atoms with Crippen LogP contribution in [0.2, 0.25) is 0 Å². The van der Waals surface area contributed by atoms with E-state index >= 15 is 0 Å². The Kier molecular flexibility index (Phi) is 4.01. The number of ether oxygens (including phenoxy) is 1. The summed E-state index contributed by atoms with van der Waals surface area (Å²) in [4.78, 5) is 20.2. The standard InChI is InChI=1S/C14H17N5O3/c1-22-11-3-2-8(6-15-11)12(9-4-10(20)5-9)18-14(21)13-16-7-17-19-13/h2-3,6-7,9-10,12,20H,4-5H2,1H3,(H,18,21)(H,16,17,19)/t9?,10?,12-/m0/s1. The van der Waals surface area contributed by atoms with Gasteiger partial charge in [0.1, 0.15) is 6.33 Å². The lowest BCUT2D eigenvalue weighted by atomic mass is 9.75. The smallest absolute Gasteiger partial charge is 0.289 e. The quantitative estimate of drug-likeness (QED) is 0.739. The van der Waals surface area contributed by atoms with Crippen molar-refractivity contribution in [3.8, 4) is 5.88 Å². The van der Waals surface area contributed by atoms with E-state index in [9.17, 15) is 9.90 Å². The number of aliphatic hydroxyl groups excluding tert-OH is 1. The van der Waals surface area contributed by atoms with Crippen LogP contribution in [-0.4, -0.2) is 44.4 Å². The number of nitrogens with zero attached hydrogens (tertiary/aromatic N) is 3. The highest BCUT2D eigenvalue weighted by atomic mass is 16.5. The molecule has 1 aliphatic rings. The molecule has 2 heterocycles. The molecule has 0 aromatic carbocycles. The number of carbonyl (C=O) groups is 1. The van der Waals surface area contributed by atoms with Crippen LogP contribution in [0.5, 0.6) is 5.88 Å². The van der Waals surface area contributed by atoms with Gasteiger partial charge in [0, 0.05) is 12.3 Å². The lowest BCUT2D eigenvalue weighted by Gasteiger charge is -2.38. The van der Waals surface area contributed by atoms with E-state index in [2.05, 4.69) is 25.5 Å². The molecule has 1 aliphatic carbocycles. The normalized spacial score (nSPS) is 21.7. The lowest BCUT2D eigenvalue weighted by molar-refractivity contribution is 0.0233. The van der Waals surface area contributed by atoms with Crippen LogP contribution >= 0.6 is 0 Å². The van der Waals surface area contributed by atoms with Crippen molar-refractivity contribution in [3.63, 3.8) is 0 Å². The van der Waals surface area contributed by atoms with E-state index in [4.69, 9.17) is 4.74 Å². The summed E-state index contributed by atoms with van der Waals surface area (Å²) in [5.74, 6) is 0.501. The molecule has 8 nitrogen and oxygen atoms in total. The van der Waals surface area contributed by atoms with Crippen LogP contribution in [0, 0.1) is 5.92 Å². The summed E-state index contributed by atoms with van der Waals surface area (Å²) in [6, 6.07) is 3.37. The van der Waals surface area contributed by atoms with E-state index in [1.165, 1.54) is 6.33 Å². The second-order valence-corrected chi connectivity index (χ2v) is 5.30. The number of H-pyrrole nitrogens is 1. The minimum absolute atomic E-state index is 0.159. The van der Waals surface area contributed by atoms with Gasteiger partial charge in [0.2, 0.25) is 11.7 Å². The molecule has 0 spiro atoms. The fraction of sp³-hybridized carbons (Fsp3) is 0.429. The molecule has 0 unspecified atom stereocenters. The first-order chi connectivity index (χ1) is 10.7. The van der Waals surface area contributed by atoms with Crippen molar-refractivity contribution >= 4 is 5.91 Å². The van der Waals surface area contributed by atoms with Gasteiger partial charge in [-0.1, -0.05) is 6.07 Å². The number of carbonyl (C=O) groups excluding carboxylic acids is 1. The molecule has 22 heavy (non-hydrogen) atoms. The Hall–Kier alpha value is -2.48. The Morgan fingerprint density at radius 1 is 1.45 bits per heavy atom. The number of aromatic amines is 1. The van der Waals surface area contributed by atoms with Crippen LogP contribution in [-0.2, 0) is 0 Å². The number of aromatic nitrogens is 4. The van der Waals surface area contributed by atoms with Crippen molar-refractivity contribution in [1.82, 2.24) is 25.5 Å². The van der Waals surface area contributed by atoms with Crippen LogP contribution in [0.25, 0.3) is 0 Å². The van der Waals surface area contributed by atoms with Crippen LogP contribution < -0.4 is 10.1 Å². The second kappa shape index (κ2) is 6.10. The van der Waals surface area contributed by atoms with Crippen LogP contribution in [0.1, 0.15) is 35.1 Å². The van der Waals surface area contributed by atoms with Gasteiger partial charge < -0.3 is 15.2 Å². The fourth-order valence-electron chi connectivity index (χ4n) is 2.60. The molecule has 3 rings (SSSR count). The zero-order chi connectivity index (χ0) is 15.5. The van der Waals surface area contributed by atoms with Gasteiger partial charge in [-0.05, 0) is 24.3 Å². The van der Waals surface area contributed by atoms with E-state index < -0.39 is 0 Å². The van der Waals surface area contributed by atoms with Crippen molar-refractivity contribution in [1.29, 1.82) is 0 Å². The molecule has 0 bridgehead atoms. The zero-order valence-electron chi connectivity index (χ0n) is 12.1. The van der Waals surface area contributed by atoms with Gasteiger partial charge in [-0.2, -0.15) is 5.10 Å². The first kappa shape index (κ1) is 14.5. The number of hydrogen-bond acceptors (Lipinski definition) is 6. The topological polar surface area (TPSA) is 113 Å². The predicted molar refractivity (Wildman–Crippen MR) is 76.1 cm³/mol. The SMILES string of the molecule is COc1ccc([C@H](NC(=O)c2ncn[nH]2)C2CC(O)C2)cn1. The van der Waals surface area contributed by atoms with E-state index in [1.807, 2.05) is 6.07 Å². The van der Waals surface area contributed by atoms with Crippen molar-refractivity contribution in [3.05, 3.63) is 36.0 Å². The molecule has 2 aromatic heterocycles. The molecule has 2 aromatic rings. The number of amides is 1. The third-order valence-corrected chi connectivity index (χ3v) is 3.87. The van der Waals surface area contributed by atoms with Crippen molar-refractivity contribution in [2.24, 2.45) is 5.92 Å². The van der Waals surface area contributed by atoms with Gasteiger partial charge in [-0.3, -0.25) is 9.89 Å². The Morgan fingerprint density at radius 2 is 2.27 bits per heavy atom. The molecule has 116 valence electrons. The van der Waals surface area contributed by atoms with Gasteiger partial charge >= 0.3 is 0 Å². The first-order valence-electron chi connectivity index (χ1n) is 7.01. The van der Waals surface area contributed by atoms with Crippen LogP contribution in [0.3, 0.4) is 0 Å². The van der Waals surface area contributed by atoms with E-state index in [1.54, 1.807) is 19.4 Å². The minimum atomic E-state index is -0.334. The number of rotatable bonds is 5. The summed E-state index contributed by atoms with van der Waals surface area (Å²) < 4.78 is 5.05. The average Bonchev–Trinajstić information content (AvgIpc) is 3.04. The van der Waals surface area contributed by atoms with Crippen molar-refractivity contribution in [2.45, 2.75) is 25.0 Å². The predicted octanol–water partition coefficient (Wildman–Crippen LogP) is 0.450. The fourth-order valence-corrected chi connectivity index (χ4v) is 2.60. The van der Waals surface area contributed by atoms with Crippen molar-refractivity contribution < 1.29 is 14.6 Å². The number of hydrogen-bond donors (Lipinski definition) is 3. The van der Waals surface area contributed by atoms with Gasteiger partial charge in [-0.15, -0.1) is 0 Å². The van der Waals surface area contributed by atoms with Gasteiger partial charge in [0.15, 0.2) is 0 Å². The highest BCUT2D eigenvalue weighted by molar-refractivity contribution is 5.90. The van der Waals surface area contributed by atoms with Crippen LogP contribution in [0.15, 0.2) is 24.7 Å². The summed E-state index contributed by atoms with van der Waals surface area (Å²) in [6.45, 7) is 0. The molecular weight excluding hydrogens is 286 g/mol. The molecule has 1 amide bonds. The minimum Gasteiger partial charge on any atom is -0.481 e. The zero-order valence-corrected chi connectivity index (χ0v) is 12.1. The molecule has 1 saturated carbocycles. The molecule has 1 fully saturated rings. The highest BCUT2D eigenvalue weighted by Gasteiger charge is 2.36. The average molecular weight is 303 g/mol. The molecule has 1 atom stereocenters. The van der Waals surface area contributed by atoms with E-state index in [0.29, 0.717) is 18.7 Å². The number of methoxy groups -OCH3 is 1. The molecule has 0 radical (unpaired) electrons. The molecular formula is C14H17N5O3. The summed E-state index contributed by atoms with van der Waals surface area (Å²) >= 11 is 0. The molecule has 3 N–H and O–H groups in total. The van der Waals surface area contributed by atoms with Crippen molar-refractivity contribution in [2.75, 3.05) is 7.11 Å². The number of aliphatic hydroxyl groups is 1. The Bertz CT molecular complexity index is 622. The summed E-state index contributed by atoms with van der Waals surface area (Å²) in [5, 5.41) is 18.7. The Morgan fingerprint density at radius 3 is 2.82 bits per heavy atom. The largest absolute Gasteiger partial charge is 0.481 e. The summed E-state index contributed by atoms with van der Waals surface area (Å²) in [5.41, 5.74) is 0.866. The molecule has 0 aliphatic heterocycles. The van der Waals surface area contributed by atoms with Crippen LogP contribution in [0.4, 0.5) is 0 Å². The Labute approximate surface area is 126 Å². The lowest BCUT2D eigenvalue weighted by Crippen LogP contribution is -2.41. The number of nitrogens with one attached hydrogen (secondary N) is 2. The highest BCUT2D eigenvalue weighted by Crippen LogP contribution is 2.38. The van der Waals surface area contributed by atoms with Gasteiger partial charge in [-0.25, -0.2) is 9.97 Å². The molecule has 8 heteroatoms. The maximum Gasteiger partial charge on any atom is 0.289 e. The van der Waals surface area contributed by atoms with Gasteiger partial charge in [0.25, 0.3) is 5.91 Å². The number of pyridine rings is 1. The second-order valence-electron chi connectivity index (χ2n) is 5.30. The molecule has 0 saturated heterocycles. The summed E-state index contributed by atoms with van der Waals surface area (Å²) in [7, 11) is 1.55. The maximum atomic E-state index is 12.2. The third kappa shape index (κ3) is 2.91. The maximum absolute atomic E-state index is 12.2.